The lowest BCUT2D eigenvalue weighted by molar-refractivity contribution is -0.137. The molecule has 0 saturated carbocycles. The van der Waals surface area contributed by atoms with Crippen LogP contribution in [0.2, 0.25) is 0 Å². The van der Waals surface area contributed by atoms with Crippen molar-refractivity contribution in [2.75, 3.05) is 16.2 Å². The molecule has 0 fully saturated rings. The van der Waals surface area contributed by atoms with E-state index < -0.39 is 42.8 Å². The van der Waals surface area contributed by atoms with Crippen molar-refractivity contribution >= 4 is 59.6 Å². The Kier molecular flexibility index (Phi) is 45.1. The maximum absolute atomic E-state index is 12.5. The molecule has 0 bridgehead atoms. The van der Waals surface area contributed by atoms with Crippen LogP contribution >= 0.6 is 10.7 Å². The third-order valence-corrected chi connectivity index (χ3v) is 11.4. The van der Waals surface area contributed by atoms with Gasteiger partial charge in [0.05, 0.1) is 39.8 Å². The summed E-state index contributed by atoms with van der Waals surface area (Å²) in [6.07, 6.45) is 0.0926. The zero-order valence-corrected chi connectivity index (χ0v) is 51.4. The van der Waals surface area contributed by atoms with Gasteiger partial charge in [-0.15, -0.1) is 0 Å². The largest absolute Gasteiger partial charge is 0.526 e. The molecule has 8 rings (SSSR count). The second-order valence-electron chi connectivity index (χ2n) is 13.7. The first-order valence-electron chi connectivity index (χ1n) is 26.1. The highest BCUT2D eigenvalue weighted by atomic mass is 35.7. The number of sulfonamides is 1. The third-order valence-electron chi connectivity index (χ3n) is 8.64. The molecule has 3 heterocycles. The smallest absolute Gasteiger partial charge is 0.473 e. The summed E-state index contributed by atoms with van der Waals surface area (Å²) in [4.78, 5) is -0.323. The number of furan rings is 3. The van der Waals surface area contributed by atoms with Gasteiger partial charge in [0.25, 0.3) is 19.1 Å². The van der Waals surface area contributed by atoms with E-state index in [0.717, 1.165) is 57.6 Å². The highest BCUT2D eigenvalue weighted by Gasteiger charge is 2.31. The van der Waals surface area contributed by atoms with E-state index in [1.54, 1.807) is 61.1 Å². The number of aryl methyl sites for hydroxylation is 3. The van der Waals surface area contributed by atoms with Crippen molar-refractivity contribution < 1.29 is 53.3 Å². The van der Waals surface area contributed by atoms with Crippen LogP contribution in [-0.2, 0) is 25.3 Å². The van der Waals surface area contributed by atoms with Crippen LogP contribution in [0.3, 0.4) is 0 Å². The monoisotopic (exact) mass is 1160 g/mol. The van der Waals surface area contributed by atoms with Crippen molar-refractivity contribution in [3.05, 3.63) is 193 Å². The number of para-hydroxylation sites is 3. The van der Waals surface area contributed by atoms with Gasteiger partial charge >= 0.3 is 13.3 Å². The van der Waals surface area contributed by atoms with E-state index >= 15 is 0 Å². The zero-order chi connectivity index (χ0) is 61.8. The maximum Gasteiger partial charge on any atom is 0.526 e. The van der Waals surface area contributed by atoms with E-state index in [4.69, 9.17) is 41.0 Å². The molecule has 79 heavy (non-hydrogen) atoms. The van der Waals surface area contributed by atoms with Gasteiger partial charge in [0, 0.05) is 33.2 Å². The number of nitrogens with one attached hydrogen (secondary N) is 1. The summed E-state index contributed by atoms with van der Waals surface area (Å²) in [6.45, 7) is 33.8. The molecule has 0 radical (unpaired) electrons. The number of nitrogens with two attached hydrogens (primary N) is 2. The van der Waals surface area contributed by atoms with E-state index in [2.05, 4.69) is 9.14 Å². The van der Waals surface area contributed by atoms with Gasteiger partial charge in [-0.3, -0.25) is 4.72 Å². The lowest BCUT2D eigenvalue weighted by Gasteiger charge is -2.11. The second-order valence-corrected chi connectivity index (χ2v) is 18.0. The number of halogens is 4. The molecule has 0 aliphatic carbocycles. The van der Waals surface area contributed by atoms with Gasteiger partial charge in [0.2, 0.25) is 0 Å². The van der Waals surface area contributed by atoms with E-state index in [1.165, 1.54) is 12.3 Å². The van der Waals surface area contributed by atoms with Crippen LogP contribution in [-0.4, -0.2) is 34.0 Å². The Labute approximate surface area is 475 Å². The summed E-state index contributed by atoms with van der Waals surface area (Å²) in [7, 11) is -4.35. The van der Waals surface area contributed by atoms with Gasteiger partial charge in [-0.25, -0.2) is 16.8 Å². The second kappa shape index (κ2) is 45.2. The number of rotatable bonds is 7. The Morgan fingerprint density at radius 1 is 0.506 bits per heavy atom. The Hall–Kier alpha value is -6.70. The van der Waals surface area contributed by atoms with Gasteiger partial charge in [-0.2, -0.15) is 13.2 Å². The Morgan fingerprint density at radius 3 is 1.42 bits per heavy atom. The molecule has 7 N–H and O–H groups in total. The highest BCUT2D eigenvalue weighted by Crippen LogP contribution is 2.32. The molecule has 0 aliphatic heterocycles. The molecular weight excluding hydrogens is 1070 g/mol. The first kappa shape index (κ1) is 78.8. The number of hydrogen-bond acceptors (Lipinski definition) is 11. The summed E-state index contributed by atoms with van der Waals surface area (Å²) in [5.41, 5.74) is 17.3. The minimum absolute atomic E-state index is 0.171. The summed E-state index contributed by atoms with van der Waals surface area (Å²) < 4.78 is 101. The minimum Gasteiger partial charge on any atom is -0.473 e. The van der Waals surface area contributed by atoms with Crippen LogP contribution in [0.15, 0.2) is 193 Å². The van der Waals surface area contributed by atoms with Crippen LogP contribution < -0.4 is 21.8 Å². The van der Waals surface area contributed by atoms with Crippen LogP contribution in [0, 0.1) is 20.8 Å². The molecule has 5 aromatic carbocycles. The van der Waals surface area contributed by atoms with Crippen LogP contribution in [0.25, 0.3) is 22.6 Å². The summed E-state index contributed by atoms with van der Waals surface area (Å²) in [6, 6.07) is 41.3. The lowest BCUT2D eigenvalue weighted by Crippen LogP contribution is -2.27. The summed E-state index contributed by atoms with van der Waals surface area (Å²) in [5.74, 6) is 1.44. The first-order valence-corrected chi connectivity index (χ1v) is 29.9. The number of alkyl halides is 3. The molecule has 3 aromatic heterocycles. The highest BCUT2D eigenvalue weighted by molar-refractivity contribution is 8.13. The molecular formula is C60H86BClF3N3O9S2. The SMILES string of the molecule is CC.CC.CC.CC.CC.CC.CC.Cc1cccc(S(=O)(=O)Nc2ccccc2-c2ccco2)c1.Cc1ccccc1N.Cc1coc(-c2ccccc2N)c1.O=S(=O)(Cl)c1cccc(C(F)(F)F)c1.OB(O)c1ccco1. The Balaban J connectivity index is -0.000000437. The van der Waals surface area contributed by atoms with E-state index in [0.29, 0.717) is 23.1 Å². The summed E-state index contributed by atoms with van der Waals surface area (Å²) >= 11 is 0. The normalized spacial score (nSPS) is 9.51. The molecule has 0 amide bonds. The van der Waals surface area contributed by atoms with Crippen molar-refractivity contribution in [2.24, 2.45) is 0 Å². The number of nitrogen functional groups attached to an aromatic ring is 2. The molecule has 0 saturated heterocycles. The molecule has 438 valence electrons. The van der Waals surface area contributed by atoms with Gasteiger partial charge < -0.3 is 34.8 Å². The number of hydrogen-bond donors (Lipinski definition) is 5. The fourth-order valence-corrected chi connectivity index (χ4v) is 7.33. The van der Waals surface area contributed by atoms with Gasteiger partial charge in [0.15, 0.2) is 0 Å². The lowest BCUT2D eigenvalue weighted by atomic mass is 9.88. The fraction of sp³-hybridized carbons (Fsp3) is 0.300. The molecule has 0 aliphatic rings. The number of benzene rings is 5. The Morgan fingerprint density at radius 2 is 1.00 bits per heavy atom. The molecule has 0 atom stereocenters. The number of anilines is 3. The standard InChI is InChI=1S/C17H15NO3S.C11H11NO.C7H4ClF3O2S.C7H9N.C4H5BO3.7C2H6/c1-13-6-4-7-14(12-13)22(19,20)18-16-9-3-2-8-15(16)17-10-5-11-21-17;1-8-6-11(13-7-8)9-4-2-3-5-10(9)12;8-14(12,13)6-3-1-2-5(4-6)7(9,10)11;1-6-4-2-3-5-7(6)8;6-5(7)4-2-1-3-8-4;7*1-2/h2-12,18H,1H3;2-7H,12H2,1H3;1-4H;2-5H,8H2,1H3;1-3,6-7H;7*1-2H3. The Bertz CT molecular complexity index is 2930. The van der Waals surface area contributed by atoms with Gasteiger partial charge in [0.1, 0.15) is 17.2 Å². The molecule has 0 spiro atoms. The quantitative estimate of drug-likeness (QED) is 0.0575. The van der Waals surface area contributed by atoms with Gasteiger partial charge in [-0.05, 0) is 128 Å². The van der Waals surface area contributed by atoms with E-state index in [1.807, 2.05) is 190 Å². The topological polar surface area (TPSA) is 212 Å². The molecule has 0 unspecified atom stereocenters. The van der Waals surface area contributed by atoms with Crippen molar-refractivity contribution in [1.29, 1.82) is 0 Å². The summed E-state index contributed by atoms with van der Waals surface area (Å²) in [5, 5.41) is 16.7. The average Bonchev–Trinajstić information content (AvgIpc) is 4.30. The van der Waals surface area contributed by atoms with Crippen LogP contribution in [0.1, 0.15) is 119 Å². The fourth-order valence-electron chi connectivity index (χ4n) is 5.35. The molecule has 19 heteroatoms. The van der Waals surface area contributed by atoms with E-state index in [-0.39, 0.29) is 10.6 Å². The maximum atomic E-state index is 12.5. The first-order chi connectivity index (χ1) is 37.7. The van der Waals surface area contributed by atoms with Crippen molar-refractivity contribution in [3.63, 3.8) is 0 Å². The minimum atomic E-state index is -4.57. The molecule has 12 nitrogen and oxygen atoms in total. The van der Waals surface area contributed by atoms with Crippen molar-refractivity contribution in [2.45, 2.75) is 134 Å². The van der Waals surface area contributed by atoms with Crippen LogP contribution in [0.4, 0.5) is 30.2 Å². The van der Waals surface area contributed by atoms with Crippen LogP contribution in [0.5, 0.6) is 0 Å². The predicted octanol–water partition coefficient (Wildman–Crippen LogP) is 17.2. The predicted molar refractivity (Wildman–Crippen MR) is 327 cm³/mol. The van der Waals surface area contributed by atoms with Gasteiger partial charge in [-0.1, -0.05) is 158 Å². The third kappa shape index (κ3) is 31.5. The zero-order valence-electron chi connectivity index (χ0n) is 49.0. The molecule has 8 aromatic rings. The average molecular weight is 1160 g/mol. The van der Waals surface area contributed by atoms with Crippen molar-refractivity contribution in [3.8, 4) is 22.6 Å². The van der Waals surface area contributed by atoms with Crippen molar-refractivity contribution in [1.82, 2.24) is 0 Å². The van der Waals surface area contributed by atoms with E-state index in [9.17, 15) is 30.0 Å².